The lowest BCUT2D eigenvalue weighted by Gasteiger charge is -2.23. The van der Waals surface area contributed by atoms with E-state index in [1.54, 1.807) is 11.1 Å². The molecule has 6 nitrogen and oxygen atoms in total. The molecule has 0 amide bonds. The minimum Gasteiger partial charge on any atom is -0.309 e. The molecule has 1 N–H and O–H groups in total. The number of H-pyrrole nitrogens is 1. The molecule has 5 aromatic rings. The van der Waals surface area contributed by atoms with Crippen LogP contribution < -0.4 is 4.90 Å². The van der Waals surface area contributed by atoms with Gasteiger partial charge < -0.3 is 4.90 Å². The van der Waals surface area contributed by atoms with E-state index >= 15 is 0 Å². The molecule has 2 aromatic carbocycles. The number of nitrogens with zero attached hydrogens (tertiary/aromatic N) is 5. The first-order valence-electron chi connectivity index (χ1n) is 10.5. The Hall–Kier alpha value is -3.72. The van der Waals surface area contributed by atoms with Crippen LogP contribution in [0.4, 0.5) is 24.8 Å². The van der Waals surface area contributed by atoms with Gasteiger partial charge in [-0.2, -0.15) is 18.3 Å². The summed E-state index contributed by atoms with van der Waals surface area (Å²) in [4.78, 5) is 15.7. The molecule has 0 aliphatic heterocycles. The van der Waals surface area contributed by atoms with Gasteiger partial charge in [-0.25, -0.2) is 9.97 Å². The number of benzene rings is 2. The number of aromatic amines is 1. The van der Waals surface area contributed by atoms with Gasteiger partial charge in [-0.3, -0.25) is 10.1 Å². The van der Waals surface area contributed by atoms with Crippen molar-refractivity contribution >= 4 is 45.2 Å². The van der Waals surface area contributed by atoms with Crippen LogP contribution >= 0.6 is 11.6 Å². The van der Waals surface area contributed by atoms with Gasteiger partial charge in [-0.15, -0.1) is 0 Å². The highest BCUT2D eigenvalue weighted by Crippen LogP contribution is 2.38. The largest absolute Gasteiger partial charge is 0.416 e. The van der Waals surface area contributed by atoms with Crippen LogP contribution in [0.1, 0.15) is 18.2 Å². The van der Waals surface area contributed by atoms with E-state index in [0.717, 1.165) is 28.6 Å². The Kier molecular flexibility index (Phi) is 5.36. The van der Waals surface area contributed by atoms with Gasteiger partial charge in [0.15, 0.2) is 0 Å². The lowest BCUT2D eigenvalue weighted by atomic mass is 10.1. The highest BCUT2D eigenvalue weighted by atomic mass is 35.5. The molecule has 34 heavy (non-hydrogen) atoms. The van der Waals surface area contributed by atoms with Crippen molar-refractivity contribution in [2.75, 3.05) is 11.4 Å². The Bertz CT molecular complexity index is 1520. The van der Waals surface area contributed by atoms with Crippen LogP contribution in [-0.2, 0) is 6.18 Å². The van der Waals surface area contributed by atoms with Gasteiger partial charge >= 0.3 is 6.18 Å². The zero-order valence-corrected chi connectivity index (χ0v) is 18.9. The molecular formula is C24H18ClF3N6. The molecule has 0 radical (unpaired) electrons. The van der Waals surface area contributed by atoms with Crippen molar-refractivity contribution in [3.63, 3.8) is 0 Å². The number of hydrogen-bond donors (Lipinski definition) is 1. The first-order chi connectivity index (χ1) is 16.3. The number of para-hydroxylation sites is 1. The van der Waals surface area contributed by atoms with E-state index in [4.69, 9.17) is 16.6 Å². The number of aromatic nitrogens is 5. The summed E-state index contributed by atoms with van der Waals surface area (Å²) in [5.74, 6) is 0.295. The number of pyridine rings is 1. The van der Waals surface area contributed by atoms with E-state index in [0.29, 0.717) is 40.6 Å². The molecule has 0 aliphatic carbocycles. The highest BCUT2D eigenvalue weighted by molar-refractivity contribution is 6.33. The summed E-state index contributed by atoms with van der Waals surface area (Å²) in [6, 6.07) is 12.9. The molecule has 3 aromatic heterocycles. The number of anilines is 2. The molecule has 10 heteroatoms. The lowest BCUT2D eigenvalue weighted by Crippen LogP contribution is -2.20. The monoisotopic (exact) mass is 482 g/mol. The number of alkyl halides is 3. The van der Waals surface area contributed by atoms with Gasteiger partial charge in [0.1, 0.15) is 16.7 Å². The molecule has 0 atom stereocenters. The molecule has 0 bridgehead atoms. The highest BCUT2D eigenvalue weighted by Gasteiger charge is 2.31. The van der Waals surface area contributed by atoms with Crippen LogP contribution in [-0.4, -0.2) is 31.7 Å². The third-order valence-electron chi connectivity index (χ3n) is 5.59. The number of aryl methyl sites for hydroxylation is 1. The normalized spacial score (nSPS) is 11.9. The van der Waals surface area contributed by atoms with Gasteiger partial charge in [-0.05, 0) is 38.1 Å². The smallest absolute Gasteiger partial charge is 0.309 e. The second-order valence-corrected chi connectivity index (χ2v) is 8.10. The molecule has 0 spiro atoms. The molecule has 3 heterocycles. The third-order valence-corrected chi connectivity index (χ3v) is 5.89. The number of fused-ring (bicyclic) bond motifs is 2. The Labute approximate surface area is 197 Å². The average Bonchev–Trinajstić information content (AvgIpc) is 3.20. The topological polar surface area (TPSA) is 70.6 Å². The summed E-state index contributed by atoms with van der Waals surface area (Å²) in [5, 5.41) is 8.21. The summed E-state index contributed by atoms with van der Waals surface area (Å²) in [7, 11) is 0. The van der Waals surface area contributed by atoms with Crippen molar-refractivity contribution in [2.24, 2.45) is 0 Å². The maximum absolute atomic E-state index is 13.1. The minimum atomic E-state index is -4.49. The fraction of sp³-hybridized carbons (Fsp3) is 0.167. The van der Waals surface area contributed by atoms with Crippen molar-refractivity contribution < 1.29 is 13.2 Å². The lowest BCUT2D eigenvalue weighted by molar-refractivity contribution is -0.137. The maximum Gasteiger partial charge on any atom is 0.416 e. The van der Waals surface area contributed by atoms with Crippen molar-refractivity contribution in [3.05, 3.63) is 71.0 Å². The summed E-state index contributed by atoms with van der Waals surface area (Å²) < 4.78 is 39.4. The number of hydrogen-bond acceptors (Lipinski definition) is 5. The van der Waals surface area contributed by atoms with Gasteiger partial charge in [0.05, 0.1) is 27.5 Å². The third kappa shape index (κ3) is 3.71. The number of nitrogens with one attached hydrogen (secondary N) is 1. The van der Waals surface area contributed by atoms with Crippen molar-refractivity contribution in [1.82, 2.24) is 25.1 Å². The zero-order chi connectivity index (χ0) is 24.0. The van der Waals surface area contributed by atoms with Crippen LogP contribution in [0, 0.1) is 6.92 Å². The molecule has 0 saturated heterocycles. The Morgan fingerprint density at radius 1 is 1.03 bits per heavy atom. The Morgan fingerprint density at radius 3 is 2.56 bits per heavy atom. The summed E-state index contributed by atoms with van der Waals surface area (Å²) in [6.45, 7) is 4.05. The number of rotatable bonds is 4. The van der Waals surface area contributed by atoms with Crippen molar-refractivity contribution in [2.45, 2.75) is 20.0 Å². The van der Waals surface area contributed by atoms with Gasteiger partial charge in [0.25, 0.3) is 0 Å². The van der Waals surface area contributed by atoms with Crippen LogP contribution in [0.25, 0.3) is 33.2 Å². The van der Waals surface area contributed by atoms with Crippen molar-refractivity contribution in [3.8, 4) is 11.3 Å². The Balaban J connectivity index is 1.73. The van der Waals surface area contributed by atoms with Crippen LogP contribution in [0.2, 0.25) is 5.02 Å². The molecule has 5 rings (SSSR count). The fourth-order valence-corrected chi connectivity index (χ4v) is 4.22. The van der Waals surface area contributed by atoms with Crippen LogP contribution in [0.5, 0.6) is 0 Å². The van der Waals surface area contributed by atoms with Crippen LogP contribution in [0.3, 0.4) is 0 Å². The second-order valence-electron chi connectivity index (χ2n) is 7.69. The fourth-order valence-electron chi connectivity index (χ4n) is 3.94. The van der Waals surface area contributed by atoms with E-state index in [1.165, 1.54) is 6.07 Å². The van der Waals surface area contributed by atoms with E-state index in [2.05, 4.69) is 20.2 Å². The van der Waals surface area contributed by atoms with Gasteiger partial charge in [-0.1, -0.05) is 35.9 Å². The van der Waals surface area contributed by atoms with Crippen molar-refractivity contribution in [1.29, 1.82) is 0 Å². The predicted octanol–water partition coefficient (Wildman–Crippen LogP) is 6.71. The number of halogens is 4. The molecule has 0 aliphatic rings. The Morgan fingerprint density at radius 2 is 1.82 bits per heavy atom. The predicted molar refractivity (Wildman–Crippen MR) is 126 cm³/mol. The summed E-state index contributed by atoms with van der Waals surface area (Å²) >= 11 is 6.30. The van der Waals surface area contributed by atoms with Gasteiger partial charge in [0.2, 0.25) is 5.95 Å². The maximum atomic E-state index is 13.1. The second kappa shape index (κ2) is 8.25. The molecule has 172 valence electrons. The van der Waals surface area contributed by atoms with E-state index in [1.807, 2.05) is 44.2 Å². The van der Waals surface area contributed by atoms with E-state index in [-0.39, 0.29) is 5.02 Å². The molecule has 0 unspecified atom stereocenters. The zero-order valence-electron chi connectivity index (χ0n) is 18.2. The van der Waals surface area contributed by atoms with E-state index < -0.39 is 11.7 Å². The van der Waals surface area contributed by atoms with Crippen LogP contribution in [0.15, 0.2) is 54.7 Å². The minimum absolute atomic E-state index is 0.0438. The average molecular weight is 483 g/mol. The quantitative estimate of drug-likeness (QED) is 0.308. The molecule has 0 saturated carbocycles. The van der Waals surface area contributed by atoms with Gasteiger partial charge in [0, 0.05) is 23.7 Å². The standard InChI is InChI=1S/C24H18ClF3N6/c1-3-34(18-10-9-15(12-17(18)25)24(26,27)28)23-30-19-13(2)32-33-22(19)21(31-23)16-8-4-6-14-7-5-11-29-20(14)16/h4-12H,3H2,1-2H3,(H,32,33). The molecule has 0 fully saturated rings. The first kappa shape index (κ1) is 22.1. The molecular weight excluding hydrogens is 465 g/mol. The summed E-state index contributed by atoms with van der Waals surface area (Å²) in [6.07, 6.45) is -2.78. The van der Waals surface area contributed by atoms with E-state index in [9.17, 15) is 13.2 Å². The summed E-state index contributed by atoms with van der Waals surface area (Å²) in [5.41, 5.74) is 3.61. The first-order valence-corrected chi connectivity index (χ1v) is 10.9. The SMILES string of the molecule is CCN(c1nc(-c2cccc3cccnc23)c2[nH]nc(C)c2n1)c1ccc(C(F)(F)F)cc1Cl.